The molecule has 1 aromatic heterocycles. The summed E-state index contributed by atoms with van der Waals surface area (Å²) in [6.45, 7) is 0.558. The van der Waals surface area contributed by atoms with Crippen molar-refractivity contribution in [2.75, 3.05) is 6.54 Å². The second-order valence-corrected chi connectivity index (χ2v) is 5.59. The van der Waals surface area contributed by atoms with Crippen LogP contribution in [0, 0.1) is 5.41 Å². The number of carbonyl (C=O) groups is 3. The van der Waals surface area contributed by atoms with Gasteiger partial charge in [0.15, 0.2) is 11.6 Å². The molecule has 4 rings (SSSR count). The van der Waals surface area contributed by atoms with Crippen LogP contribution in [0.3, 0.4) is 0 Å². The van der Waals surface area contributed by atoms with Crippen LogP contribution in [0.15, 0.2) is 53.9 Å². The molecule has 0 bridgehead atoms. The van der Waals surface area contributed by atoms with Crippen LogP contribution in [0.5, 0.6) is 0 Å². The number of nitrogens with one attached hydrogen (secondary N) is 1. The summed E-state index contributed by atoms with van der Waals surface area (Å²) in [6, 6.07) is 3.27. The number of rotatable bonds is 0. The van der Waals surface area contributed by atoms with Crippen molar-refractivity contribution in [1.82, 2.24) is 10.3 Å². The van der Waals surface area contributed by atoms with Crippen LogP contribution in [-0.2, 0) is 4.79 Å². The van der Waals surface area contributed by atoms with Gasteiger partial charge in [-0.2, -0.15) is 0 Å². The van der Waals surface area contributed by atoms with Crippen molar-refractivity contribution >= 4 is 17.3 Å². The largest absolute Gasteiger partial charge is 0.381 e. The molecule has 5 nitrogen and oxygen atoms in total. The van der Waals surface area contributed by atoms with Crippen LogP contribution in [0.2, 0.25) is 0 Å². The highest BCUT2D eigenvalue weighted by molar-refractivity contribution is 6.27. The Labute approximate surface area is 126 Å². The van der Waals surface area contributed by atoms with Gasteiger partial charge in [-0.15, -0.1) is 0 Å². The van der Waals surface area contributed by atoms with Crippen LogP contribution >= 0.6 is 0 Å². The molecule has 1 aliphatic heterocycles. The summed E-state index contributed by atoms with van der Waals surface area (Å²) in [5, 5.41) is 3.04. The molecule has 22 heavy (non-hydrogen) atoms. The van der Waals surface area contributed by atoms with Crippen molar-refractivity contribution in [1.29, 1.82) is 0 Å². The summed E-state index contributed by atoms with van der Waals surface area (Å²) in [5.74, 6) is -0.570. The normalized spacial score (nSPS) is 21.7. The first-order valence-electron chi connectivity index (χ1n) is 7.08. The number of carbonyl (C=O) groups excluding carboxylic acids is 3. The van der Waals surface area contributed by atoms with Gasteiger partial charge in [0.1, 0.15) is 5.69 Å². The summed E-state index contributed by atoms with van der Waals surface area (Å²) < 4.78 is 0. The van der Waals surface area contributed by atoms with Crippen molar-refractivity contribution in [3.63, 3.8) is 0 Å². The van der Waals surface area contributed by atoms with Gasteiger partial charge < -0.3 is 5.32 Å². The molecule has 1 spiro atoms. The van der Waals surface area contributed by atoms with E-state index in [1.165, 1.54) is 18.3 Å². The maximum atomic E-state index is 12.9. The minimum absolute atomic E-state index is 0.108. The Morgan fingerprint density at radius 2 is 1.86 bits per heavy atom. The number of ketones is 3. The van der Waals surface area contributed by atoms with Gasteiger partial charge >= 0.3 is 0 Å². The lowest BCUT2D eigenvalue weighted by atomic mass is 9.67. The lowest BCUT2D eigenvalue weighted by Crippen LogP contribution is -2.43. The zero-order chi connectivity index (χ0) is 15.3. The van der Waals surface area contributed by atoms with Gasteiger partial charge in [0.2, 0.25) is 5.78 Å². The van der Waals surface area contributed by atoms with E-state index in [1.807, 2.05) is 0 Å². The molecule has 5 heteroatoms. The van der Waals surface area contributed by atoms with E-state index in [4.69, 9.17) is 0 Å². The van der Waals surface area contributed by atoms with E-state index in [2.05, 4.69) is 10.3 Å². The topological polar surface area (TPSA) is 76.1 Å². The number of nitrogens with zero attached hydrogens (tertiary/aromatic N) is 1. The maximum absolute atomic E-state index is 12.9. The Morgan fingerprint density at radius 1 is 1.09 bits per heavy atom. The third-order valence-electron chi connectivity index (χ3n) is 4.37. The first-order chi connectivity index (χ1) is 10.6. The number of Topliss-reactive ketones (excluding diaryl/α,β-unsaturated/α-hetero) is 2. The predicted octanol–water partition coefficient (Wildman–Crippen LogP) is 1.39. The molecule has 1 aromatic rings. The third-order valence-corrected chi connectivity index (χ3v) is 4.37. The minimum Gasteiger partial charge on any atom is -0.381 e. The Balaban J connectivity index is 1.96. The van der Waals surface area contributed by atoms with Crippen molar-refractivity contribution in [2.24, 2.45) is 5.41 Å². The molecule has 2 aliphatic carbocycles. The van der Waals surface area contributed by atoms with E-state index >= 15 is 0 Å². The average molecular weight is 292 g/mol. The average Bonchev–Trinajstić information content (AvgIpc) is 2.55. The van der Waals surface area contributed by atoms with Crippen LogP contribution in [0.1, 0.15) is 27.3 Å². The zero-order valence-corrected chi connectivity index (χ0v) is 11.6. The Kier molecular flexibility index (Phi) is 2.54. The second kappa shape index (κ2) is 4.34. The summed E-state index contributed by atoms with van der Waals surface area (Å²) >= 11 is 0. The lowest BCUT2D eigenvalue weighted by molar-refractivity contribution is -0.110. The highest BCUT2D eigenvalue weighted by Gasteiger charge is 2.45. The van der Waals surface area contributed by atoms with Crippen LogP contribution < -0.4 is 5.32 Å². The van der Waals surface area contributed by atoms with E-state index in [-0.39, 0.29) is 23.0 Å². The van der Waals surface area contributed by atoms with E-state index in [0.717, 1.165) is 0 Å². The second-order valence-electron chi connectivity index (χ2n) is 5.59. The predicted molar refractivity (Wildman–Crippen MR) is 78.3 cm³/mol. The van der Waals surface area contributed by atoms with Gasteiger partial charge in [-0.3, -0.25) is 19.4 Å². The van der Waals surface area contributed by atoms with Crippen molar-refractivity contribution in [3.8, 4) is 0 Å². The summed E-state index contributed by atoms with van der Waals surface area (Å²) in [7, 11) is 0. The molecular formula is C17H12N2O3. The van der Waals surface area contributed by atoms with Crippen molar-refractivity contribution in [3.05, 3.63) is 65.2 Å². The Morgan fingerprint density at radius 3 is 2.64 bits per heavy atom. The van der Waals surface area contributed by atoms with Crippen molar-refractivity contribution in [2.45, 2.75) is 6.42 Å². The fourth-order valence-electron chi connectivity index (χ4n) is 3.29. The number of hydrogen-bond donors (Lipinski definition) is 1. The molecule has 0 unspecified atom stereocenters. The minimum atomic E-state index is -0.686. The molecule has 108 valence electrons. The van der Waals surface area contributed by atoms with Crippen LogP contribution in [0.4, 0.5) is 0 Å². The molecule has 0 aromatic carbocycles. The van der Waals surface area contributed by atoms with E-state index < -0.39 is 5.41 Å². The zero-order valence-electron chi connectivity index (χ0n) is 11.6. The standard InChI is InChI=1S/C17H12N2O3/c20-10-3-5-17(6-4-10)7-9-19-14-12(17)15(21)11-2-1-8-18-13(11)16(14)22/h1-6,8,19H,7,9H2. The van der Waals surface area contributed by atoms with Gasteiger partial charge in [-0.1, -0.05) is 12.2 Å². The molecule has 0 saturated carbocycles. The van der Waals surface area contributed by atoms with E-state index in [9.17, 15) is 14.4 Å². The van der Waals surface area contributed by atoms with Crippen LogP contribution in [-0.4, -0.2) is 28.9 Å². The Bertz CT molecular complexity index is 814. The lowest BCUT2D eigenvalue weighted by Gasteiger charge is -2.38. The highest BCUT2D eigenvalue weighted by atomic mass is 16.1. The smallest absolute Gasteiger partial charge is 0.228 e. The fraction of sp³-hybridized carbons (Fsp3) is 0.176. The van der Waals surface area contributed by atoms with Crippen molar-refractivity contribution < 1.29 is 14.4 Å². The monoisotopic (exact) mass is 292 g/mol. The highest BCUT2D eigenvalue weighted by Crippen LogP contribution is 2.44. The molecule has 0 radical (unpaired) electrons. The summed E-state index contributed by atoms with van der Waals surface area (Å²) in [6.07, 6.45) is 8.53. The van der Waals surface area contributed by atoms with Gasteiger partial charge in [-0.25, -0.2) is 0 Å². The van der Waals surface area contributed by atoms with Gasteiger partial charge in [0.25, 0.3) is 0 Å². The summed E-state index contributed by atoms with van der Waals surface area (Å²) in [4.78, 5) is 41.0. The first-order valence-corrected chi connectivity index (χ1v) is 7.08. The fourth-order valence-corrected chi connectivity index (χ4v) is 3.29. The first kappa shape index (κ1) is 12.9. The molecule has 2 heterocycles. The van der Waals surface area contributed by atoms with Gasteiger partial charge in [0, 0.05) is 23.7 Å². The molecule has 3 aliphatic rings. The number of aromatic nitrogens is 1. The third kappa shape index (κ3) is 1.59. The van der Waals surface area contributed by atoms with Crippen LogP contribution in [0.25, 0.3) is 0 Å². The SMILES string of the molecule is O=C1C=CC2(C=C1)CCNC1=C2C(=O)c2cccnc2C1=O. The number of fused-ring (bicyclic) bond motifs is 2. The maximum Gasteiger partial charge on any atom is 0.228 e. The molecule has 0 saturated heterocycles. The van der Waals surface area contributed by atoms with Gasteiger partial charge in [0.05, 0.1) is 11.3 Å². The summed E-state index contributed by atoms with van der Waals surface area (Å²) in [5.41, 5.74) is 0.563. The molecule has 0 atom stereocenters. The molecular weight excluding hydrogens is 280 g/mol. The van der Waals surface area contributed by atoms with E-state index in [0.29, 0.717) is 29.8 Å². The Hall–Kier alpha value is -2.82. The number of pyridine rings is 1. The molecule has 1 N–H and O–H groups in total. The number of allylic oxidation sites excluding steroid dienone is 6. The van der Waals surface area contributed by atoms with Gasteiger partial charge in [-0.05, 0) is 30.7 Å². The quantitative estimate of drug-likeness (QED) is 0.782. The molecule has 0 fully saturated rings. The van der Waals surface area contributed by atoms with E-state index in [1.54, 1.807) is 24.3 Å². The molecule has 0 amide bonds. The number of hydrogen-bond acceptors (Lipinski definition) is 5.